The maximum atomic E-state index is 11.3. The zero-order valence-corrected chi connectivity index (χ0v) is 13.7. The molecule has 0 spiro atoms. The van der Waals surface area contributed by atoms with Gasteiger partial charge in [-0.25, -0.2) is 9.78 Å². The number of carboxylic acids is 1. The van der Waals surface area contributed by atoms with Crippen molar-refractivity contribution in [3.8, 4) is 0 Å². The molecule has 0 saturated carbocycles. The molecule has 1 aromatic carbocycles. The summed E-state index contributed by atoms with van der Waals surface area (Å²) in [6.07, 6.45) is -2.32. The van der Waals surface area contributed by atoms with E-state index in [1.165, 1.54) is 16.7 Å². The fraction of sp³-hybridized carbons (Fsp3) is 0.375. The Morgan fingerprint density at radius 2 is 1.80 bits per heavy atom. The molecule has 0 saturated heterocycles. The number of benzene rings is 1. The molecule has 2 aromatic rings. The second-order valence-corrected chi connectivity index (χ2v) is 5.38. The number of halogens is 5. The van der Waals surface area contributed by atoms with E-state index in [1.54, 1.807) is 6.33 Å². The average Bonchev–Trinajstić information content (AvgIpc) is 3.03. The second-order valence-electron chi connectivity index (χ2n) is 5.38. The first-order valence-electron chi connectivity index (χ1n) is 7.12. The molecule has 0 amide bonds. The third-order valence-corrected chi connectivity index (χ3v) is 3.70. The van der Waals surface area contributed by atoms with Crippen molar-refractivity contribution in [1.29, 1.82) is 0 Å². The third kappa shape index (κ3) is 4.77. The van der Waals surface area contributed by atoms with Crippen LogP contribution in [0.3, 0.4) is 0 Å². The van der Waals surface area contributed by atoms with Crippen LogP contribution >= 0.6 is 0 Å². The Morgan fingerprint density at radius 3 is 2.20 bits per heavy atom. The van der Waals surface area contributed by atoms with Crippen molar-refractivity contribution < 1.29 is 31.9 Å². The van der Waals surface area contributed by atoms with Crippen LogP contribution in [0.25, 0.3) is 0 Å². The number of imidazole rings is 1. The van der Waals surface area contributed by atoms with E-state index >= 15 is 0 Å². The Kier molecular flexibility index (Phi) is 6.28. The van der Waals surface area contributed by atoms with Crippen molar-refractivity contribution in [1.82, 2.24) is 9.97 Å². The van der Waals surface area contributed by atoms with E-state index in [2.05, 4.69) is 48.9 Å². The van der Waals surface area contributed by atoms with Gasteiger partial charge in [-0.3, -0.25) is 0 Å². The van der Waals surface area contributed by atoms with E-state index in [1.807, 2.05) is 6.20 Å². The number of carboxylic acid groups (broad SMARTS) is 1. The summed E-state index contributed by atoms with van der Waals surface area (Å²) in [4.78, 5) is 16.5. The lowest BCUT2D eigenvalue weighted by Gasteiger charge is -2.14. The summed E-state index contributed by atoms with van der Waals surface area (Å²) in [6, 6.07) is 6.44. The van der Waals surface area contributed by atoms with Gasteiger partial charge in [-0.2, -0.15) is 22.0 Å². The van der Waals surface area contributed by atoms with E-state index in [4.69, 9.17) is 5.11 Å². The summed E-state index contributed by atoms with van der Waals surface area (Å²) in [6.45, 7) is 6.52. The van der Waals surface area contributed by atoms with Gasteiger partial charge in [0.05, 0.1) is 12.0 Å². The van der Waals surface area contributed by atoms with Gasteiger partial charge < -0.3 is 10.1 Å². The fourth-order valence-electron chi connectivity index (χ4n) is 2.03. The second kappa shape index (κ2) is 7.62. The zero-order chi connectivity index (χ0) is 19.4. The van der Waals surface area contributed by atoms with E-state index in [-0.39, 0.29) is 0 Å². The lowest BCUT2D eigenvalue weighted by molar-refractivity contribution is -0.277. The average molecular weight is 364 g/mol. The SMILES string of the molecule is Cc1cccc([C@H](C)c2c[nH]cn2)c1C.O=C(O)C(F)(F)C(F)(F)F. The molecule has 2 rings (SSSR count). The van der Waals surface area contributed by atoms with Crippen molar-refractivity contribution in [2.75, 3.05) is 0 Å². The first kappa shape index (κ1) is 20.6. The van der Waals surface area contributed by atoms with Gasteiger partial charge in [0.2, 0.25) is 0 Å². The van der Waals surface area contributed by atoms with Crippen LogP contribution in [0.1, 0.15) is 35.2 Å². The lowest BCUT2D eigenvalue weighted by Crippen LogP contribution is -2.43. The Bertz CT molecular complexity index is 712. The molecule has 0 unspecified atom stereocenters. The molecule has 0 aliphatic heterocycles. The molecule has 0 radical (unpaired) electrons. The molecule has 0 aliphatic carbocycles. The maximum Gasteiger partial charge on any atom is 0.465 e. The highest BCUT2D eigenvalue weighted by molar-refractivity contribution is 5.76. The molecule has 1 aromatic heterocycles. The fourth-order valence-corrected chi connectivity index (χ4v) is 2.03. The molecule has 1 atom stereocenters. The minimum absolute atomic E-state index is 0.358. The van der Waals surface area contributed by atoms with E-state index in [9.17, 15) is 26.7 Å². The van der Waals surface area contributed by atoms with Gasteiger partial charge in [-0.05, 0) is 30.5 Å². The van der Waals surface area contributed by atoms with Crippen LogP contribution in [-0.2, 0) is 4.79 Å². The topological polar surface area (TPSA) is 66.0 Å². The van der Waals surface area contributed by atoms with Crippen LogP contribution < -0.4 is 0 Å². The van der Waals surface area contributed by atoms with Crippen LogP contribution in [0, 0.1) is 13.8 Å². The van der Waals surface area contributed by atoms with Gasteiger partial charge in [-0.1, -0.05) is 25.1 Å². The molecule has 0 aliphatic rings. The number of hydrogen-bond acceptors (Lipinski definition) is 2. The quantitative estimate of drug-likeness (QED) is 0.791. The summed E-state index contributed by atoms with van der Waals surface area (Å²) < 4.78 is 55.5. The molecule has 138 valence electrons. The molecule has 25 heavy (non-hydrogen) atoms. The standard InChI is InChI=1S/C13H16N2.C3HF5O2/c1-9-5-4-6-12(10(9)2)11(3)13-7-14-8-15-13;4-2(5,1(9)10)3(6,7)8/h4-8,11H,1-3H3,(H,14,15);(H,9,10)/t11-;/m0./s1. The maximum absolute atomic E-state index is 11.3. The Balaban J connectivity index is 0.000000275. The smallest absolute Gasteiger partial charge is 0.465 e. The molecule has 0 fully saturated rings. The van der Waals surface area contributed by atoms with Crippen molar-refractivity contribution >= 4 is 5.97 Å². The summed E-state index contributed by atoms with van der Waals surface area (Å²) in [5.41, 5.74) is 5.17. The van der Waals surface area contributed by atoms with Crippen molar-refractivity contribution in [2.24, 2.45) is 0 Å². The van der Waals surface area contributed by atoms with Crippen LogP contribution in [0.4, 0.5) is 22.0 Å². The monoisotopic (exact) mass is 364 g/mol. The number of rotatable bonds is 3. The van der Waals surface area contributed by atoms with Crippen molar-refractivity contribution in [3.05, 3.63) is 53.1 Å². The number of carbonyl (C=O) groups is 1. The lowest BCUT2D eigenvalue weighted by atomic mass is 9.92. The van der Waals surface area contributed by atoms with Gasteiger partial charge in [0.1, 0.15) is 0 Å². The normalized spacial score (nSPS) is 13.0. The van der Waals surface area contributed by atoms with Crippen LogP contribution in [0.15, 0.2) is 30.7 Å². The highest BCUT2D eigenvalue weighted by atomic mass is 19.4. The molecule has 0 bridgehead atoms. The summed E-state index contributed by atoms with van der Waals surface area (Å²) in [5, 5.41) is 7.31. The van der Waals surface area contributed by atoms with E-state index in [0.717, 1.165) is 5.69 Å². The molecule has 9 heteroatoms. The highest BCUT2D eigenvalue weighted by Crippen LogP contribution is 2.35. The Hall–Kier alpha value is -2.45. The largest absolute Gasteiger partial charge is 0.477 e. The summed E-state index contributed by atoms with van der Waals surface area (Å²) >= 11 is 0. The van der Waals surface area contributed by atoms with E-state index < -0.39 is 18.1 Å². The van der Waals surface area contributed by atoms with Gasteiger partial charge >= 0.3 is 18.1 Å². The summed E-state index contributed by atoms with van der Waals surface area (Å²) in [5.74, 6) is -8.48. The molecule has 1 heterocycles. The minimum atomic E-state index is -6.02. The number of hydrogen-bond donors (Lipinski definition) is 2. The first-order chi connectivity index (χ1) is 11.4. The van der Waals surface area contributed by atoms with E-state index in [0.29, 0.717) is 5.92 Å². The molecule has 4 nitrogen and oxygen atoms in total. The van der Waals surface area contributed by atoms with Gasteiger partial charge in [0.25, 0.3) is 0 Å². The van der Waals surface area contributed by atoms with Crippen molar-refractivity contribution in [2.45, 2.75) is 38.8 Å². The number of nitrogens with one attached hydrogen (secondary N) is 1. The van der Waals surface area contributed by atoms with Gasteiger partial charge in [0.15, 0.2) is 0 Å². The number of aliphatic carboxylic acids is 1. The number of aromatic amines is 1. The van der Waals surface area contributed by atoms with Crippen LogP contribution in [-0.4, -0.2) is 33.1 Å². The van der Waals surface area contributed by atoms with Crippen LogP contribution in [0.2, 0.25) is 0 Å². The predicted octanol–water partition coefficient (Wildman–Crippen LogP) is 4.45. The molecular formula is C16H17F5N2O2. The van der Waals surface area contributed by atoms with Crippen molar-refractivity contribution in [3.63, 3.8) is 0 Å². The minimum Gasteiger partial charge on any atom is -0.477 e. The Labute approximate surface area is 140 Å². The number of aryl methyl sites for hydroxylation is 1. The predicted molar refractivity (Wildman–Crippen MR) is 80.7 cm³/mol. The highest BCUT2D eigenvalue weighted by Gasteiger charge is 2.64. The van der Waals surface area contributed by atoms with Gasteiger partial charge in [-0.15, -0.1) is 0 Å². The number of H-pyrrole nitrogens is 1. The Morgan fingerprint density at radius 1 is 1.20 bits per heavy atom. The molecular weight excluding hydrogens is 347 g/mol. The first-order valence-corrected chi connectivity index (χ1v) is 7.12. The zero-order valence-electron chi connectivity index (χ0n) is 13.7. The summed E-state index contributed by atoms with van der Waals surface area (Å²) in [7, 11) is 0. The number of aromatic nitrogens is 2. The number of nitrogens with zero attached hydrogens (tertiary/aromatic N) is 1. The van der Waals surface area contributed by atoms with Crippen LogP contribution in [0.5, 0.6) is 0 Å². The number of alkyl halides is 5. The van der Waals surface area contributed by atoms with Gasteiger partial charge in [0, 0.05) is 12.1 Å². The third-order valence-electron chi connectivity index (χ3n) is 3.70. The molecule has 2 N–H and O–H groups in total.